The summed E-state index contributed by atoms with van der Waals surface area (Å²) in [5, 5.41) is 0. The van der Waals surface area contributed by atoms with Crippen LogP contribution in [0.2, 0.25) is 0 Å². The molecular weight excluding hydrogens is 138 g/mol. The molecule has 11 heavy (non-hydrogen) atoms. The largest absolute Gasteiger partial charge is 0.366 e. The number of hydrogen-bond acceptors (Lipinski definition) is 1. The SMILES string of the molecule is C=C/C=C\C(=C/C=C)C(N)=O. The molecule has 0 aliphatic heterocycles. The second kappa shape index (κ2) is 5.23. The van der Waals surface area contributed by atoms with Crippen molar-refractivity contribution in [2.45, 2.75) is 0 Å². The number of carbonyl (C=O) groups is 1. The molecule has 0 aliphatic carbocycles. The summed E-state index contributed by atoms with van der Waals surface area (Å²) in [5.74, 6) is -0.469. The van der Waals surface area contributed by atoms with E-state index in [9.17, 15) is 4.79 Å². The van der Waals surface area contributed by atoms with Gasteiger partial charge < -0.3 is 5.73 Å². The Bertz CT molecular complexity index is 224. The Morgan fingerprint density at radius 1 is 1.27 bits per heavy atom. The van der Waals surface area contributed by atoms with Gasteiger partial charge in [-0.05, 0) is 6.08 Å². The van der Waals surface area contributed by atoms with Crippen molar-refractivity contribution in [2.24, 2.45) is 5.73 Å². The number of allylic oxidation sites excluding steroid dienone is 4. The normalized spacial score (nSPS) is 11.5. The predicted octanol–water partition coefficient (Wildman–Crippen LogP) is 1.33. The third-order valence-corrected chi connectivity index (χ3v) is 0.994. The lowest BCUT2D eigenvalue weighted by molar-refractivity contribution is -0.114. The smallest absolute Gasteiger partial charge is 0.248 e. The van der Waals surface area contributed by atoms with Crippen LogP contribution in [-0.2, 0) is 4.79 Å². The minimum atomic E-state index is -0.469. The molecule has 0 aromatic carbocycles. The fourth-order valence-electron chi connectivity index (χ4n) is 0.518. The van der Waals surface area contributed by atoms with Gasteiger partial charge in [0.25, 0.3) is 0 Å². The highest BCUT2D eigenvalue weighted by Gasteiger charge is 1.95. The van der Waals surface area contributed by atoms with Crippen LogP contribution in [0.25, 0.3) is 0 Å². The molecule has 0 aromatic rings. The standard InChI is InChI=1S/C9H11NO/c1-3-5-7-8(6-4-2)9(10)11/h3-7H,1-2H2,(H2,10,11)/b7-5-,8-6+. The molecule has 1 amide bonds. The van der Waals surface area contributed by atoms with E-state index in [1.54, 1.807) is 24.3 Å². The maximum atomic E-state index is 10.6. The molecule has 0 aliphatic rings. The average Bonchev–Trinajstić information content (AvgIpc) is 1.97. The average molecular weight is 149 g/mol. The van der Waals surface area contributed by atoms with E-state index < -0.39 is 5.91 Å². The highest BCUT2D eigenvalue weighted by molar-refractivity contribution is 5.95. The third kappa shape index (κ3) is 3.92. The van der Waals surface area contributed by atoms with Crippen molar-refractivity contribution in [3.8, 4) is 0 Å². The quantitative estimate of drug-likeness (QED) is 0.475. The summed E-state index contributed by atoms with van der Waals surface area (Å²) in [7, 11) is 0. The molecule has 0 rings (SSSR count). The highest BCUT2D eigenvalue weighted by atomic mass is 16.1. The van der Waals surface area contributed by atoms with Gasteiger partial charge >= 0.3 is 0 Å². The van der Waals surface area contributed by atoms with Crippen molar-refractivity contribution in [3.05, 3.63) is 49.1 Å². The molecule has 2 N–H and O–H groups in total. The van der Waals surface area contributed by atoms with E-state index in [0.29, 0.717) is 5.57 Å². The zero-order chi connectivity index (χ0) is 8.69. The van der Waals surface area contributed by atoms with Crippen LogP contribution in [0.4, 0.5) is 0 Å². The molecule has 0 radical (unpaired) electrons. The van der Waals surface area contributed by atoms with Crippen LogP contribution in [0.1, 0.15) is 0 Å². The Kier molecular flexibility index (Phi) is 4.49. The van der Waals surface area contributed by atoms with Gasteiger partial charge in [0, 0.05) is 5.57 Å². The summed E-state index contributed by atoms with van der Waals surface area (Å²) in [6.07, 6.45) is 7.84. The first-order chi connectivity index (χ1) is 5.22. The van der Waals surface area contributed by atoms with Crippen LogP contribution in [0.15, 0.2) is 49.1 Å². The second-order valence-electron chi connectivity index (χ2n) is 1.82. The topological polar surface area (TPSA) is 43.1 Å². The van der Waals surface area contributed by atoms with Crippen molar-refractivity contribution in [2.75, 3.05) is 0 Å². The lowest BCUT2D eigenvalue weighted by Crippen LogP contribution is -2.12. The van der Waals surface area contributed by atoms with E-state index in [4.69, 9.17) is 5.73 Å². The Balaban J connectivity index is 4.47. The highest BCUT2D eigenvalue weighted by Crippen LogP contribution is 1.95. The lowest BCUT2D eigenvalue weighted by Gasteiger charge is -1.90. The van der Waals surface area contributed by atoms with Crippen molar-refractivity contribution in [3.63, 3.8) is 0 Å². The van der Waals surface area contributed by atoms with Gasteiger partial charge in [-0.25, -0.2) is 0 Å². The van der Waals surface area contributed by atoms with E-state index in [1.165, 1.54) is 6.08 Å². The fraction of sp³-hybridized carbons (Fsp3) is 0. The molecule has 58 valence electrons. The van der Waals surface area contributed by atoms with Crippen molar-refractivity contribution >= 4 is 5.91 Å². The fourth-order valence-corrected chi connectivity index (χ4v) is 0.518. The molecule has 0 bridgehead atoms. The van der Waals surface area contributed by atoms with E-state index >= 15 is 0 Å². The van der Waals surface area contributed by atoms with Gasteiger partial charge in [0.05, 0.1) is 0 Å². The number of nitrogens with two attached hydrogens (primary N) is 1. The molecule has 0 saturated heterocycles. The van der Waals surface area contributed by atoms with Crippen molar-refractivity contribution in [1.29, 1.82) is 0 Å². The van der Waals surface area contributed by atoms with Crippen molar-refractivity contribution < 1.29 is 4.79 Å². The van der Waals surface area contributed by atoms with E-state index in [2.05, 4.69) is 13.2 Å². The number of hydrogen-bond donors (Lipinski definition) is 1. The molecular formula is C9H11NO. The first-order valence-corrected chi connectivity index (χ1v) is 3.14. The molecule has 2 heteroatoms. The Hall–Kier alpha value is -1.57. The Labute approximate surface area is 66.4 Å². The molecule has 0 spiro atoms. The Morgan fingerprint density at radius 3 is 2.27 bits per heavy atom. The molecule has 0 unspecified atom stereocenters. The summed E-state index contributed by atoms with van der Waals surface area (Å²) in [5.41, 5.74) is 5.44. The summed E-state index contributed by atoms with van der Waals surface area (Å²) < 4.78 is 0. The molecule has 0 atom stereocenters. The van der Waals surface area contributed by atoms with Gasteiger partial charge in [0.1, 0.15) is 0 Å². The molecule has 2 nitrogen and oxygen atoms in total. The van der Waals surface area contributed by atoms with Crippen LogP contribution in [-0.4, -0.2) is 5.91 Å². The van der Waals surface area contributed by atoms with Crippen LogP contribution >= 0.6 is 0 Å². The zero-order valence-electron chi connectivity index (χ0n) is 6.29. The zero-order valence-corrected chi connectivity index (χ0v) is 6.29. The summed E-state index contributed by atoms with van der Waals surface area (Å²) in [4.78, 5) is 10.6. The predicted molar refractivity (Wildman–Crippen MR) is 46.8 cm³/mol. The van der Waals surface area contributed by atoms with Gasteiger partial charge in [-0.3, -0.25) is 4.79 Å². The first kappa shape index (κ1) is 9.43. The van der Waals surface area contributed by atoms with Crippen LogP contribution in [0, 0.1) is 0 Å². The monoisotopic (exact) mass is 149 g/mol. The van der Waals surface area contributed by atoms with E-state index in [0.717, 1.165) is 0 Å². The first-order valence-electron chi connectivity index (χ1n) is 3.14. The summed E-state index contributed by atoms with van der Waals surface area (Å²) >= 11 is 0. The maximum absolute atomic E-state index is 10.6. The molecule has 0 fully saturated rings. The molecule has 0 aromatic heterocycles. The number of rotatable bonds is 4. The van der Waals surface area contributed by atoms with Crippen LogP contribution in [0.5, 0.6) is 0 Å². The second-order valence-corrected chi connectivity index (χ2v) is 1.82. The van der Waals surface area contributed by atoms with Gasteiger partial charge in [-0.1, -0.05) is 37.5 Å². The van der Waals surface area contributed by atoms with Gasteiger partial charge in [-0.2, -0.15) is 0 Å². The van der Waals surface area contributed by atoms with Gasteiger partial charge in [0.15, 0.2) is 0 Å². The number of primary amides is 1. The molecule has 0 heterocycles. The van der Waals surface area contributed by atoms with E-state index in [1.807, 2.05) is 0 Å². The summed E-state index contributed by atoms with van der Waals surface area (Å²) in [6, 6.07) is 0. The Morgan fingerprint density at radius 2 is 1.91 bits per heavy atom. The number of carbonyl (C=O) groups excluding carboxylic acids is 1. The summed E-state index contributed by atoms with van der Waals surface area (Å²) in [6.45, 7) is 6.91. The lowest BCUT2D eigenvalue weighted by atomic mass is 10.2. The number of amides is 1. The van der Waals surface area contributed by atoms with Gasteiger partial charge in [0.2, 0.25) is 5.91 Å². The molecule has 0 saturated carbocycles. The van der Waals surface area contributed by atoms with Crippen LogP contribution in [0.3, 0.4) is 0 Å². The third-order valence-electron chi connectivity index (χ3n) is 0.994. The minimum Gasteiger partial charge on any atom is -0.366 e. The van der Waals surface area contributed by atoms with E-state index in [-0.39, 0.29) is 0 Å². The maximum Gasteiger partial charge on any atom is 0.248 e. The van der Waals surface area contributed by atoms with Crippen LogP contribution < -0.4 is 5.73 Å². The minimum absolute atomic E-state index is 0.417. The van der Waals surface area contributed by atoms with Crippen molar-refractivity contribution in [1.82, 2.24) is 0 Å². The van der Waals surface area contributed by atoms with Gasteiger partial charge in [-0.15, -0.1) is 0 Å².